The van der Waals surface area contributed by atoms with Gasteiger partial charge in [0.15, 0.2) is 9.84 Å². The van der Waals surface area contributed by atoms with Crippen molar-refractivity contribution in [3.63, 3.8) is 0 Å². The lowest BCUT2D eigenvalue weighted by Crippen LogP contribution is -2.24. The minimum atomic E-state index is -3.31. The van der Waals surface area contributed by atoms with E-state index in [1.54, 1.807) is 0 Å². The molecule has 0 atom stereocenters. The monoisotopic (exact) mass is 215 g/mol. The Bertz CT molecular complexity index is 401. The number of hydrogen-bond donors (Lipinski definition) is 0. The van der Waals surface area contributed by atoms with Gasteiger partial charge in [-0.1, -0.05) is 6.92 Å². The first-order valence-electron chi connectivity index (χ1n) is 3.92. The fourth-order valence-corrected chi connectivity index (χ4v) is 1.31. The summed E-state index contributed by atoms with van der Waals surface area (Å²) >= 11 is 0. The average Bonchev–Trinajstić information content (AvgIpc) is 2.44. The maximum atomic E-state index is 11.0. The molecule has 0 N–H and O–H groups in total. The van der Waals surface area contributed by atoms with Gasteiger partial charge in [0, 0.05) is 23.8 Å². The van der Waals surface area contributed by atoms with Gasteiger partial charge < -0.3 is 0 Å². The van der Waals surface area contributed by atoms with Gasteiger partial charge in [0.1, 0.15) is 0 Å². The van der Waals surface area contributed by atoms with Crippen LogP contribution in [0.5, 0.6) is 0 Å². The van der Waals surface area contributed by atoms with Crippen molar-refractivity contribution in [2.45, 2.75) is 6.92 Å². The normalized spacial score (nSPS) is 17.4. The van der Waals surface area contributed by atoms with Crippen LogP contribution in [0, 0.1) is 0 Å². The molecular formula is C8H9NO4S. The van der Waals surface area contributed by atoms with Gasteiger partial charge in [0.25, 0.3) is 11.8 Å². The van der Waals surface area contributed by atoms with E-state index >= 15 is 0 Å². The van der Waals surface area contributed by atoms with Gasteiger partial charge in [0.05, 0.1) is 5.75 Å². The second-order valence-corrected chi connectivity index (χ2v) is 4.79. The van der Waals surface area contributed by atoms with Crippen LogP contribution >= 0.6 is 0 Å². The lowest BCUT2D eigenvalue weighted by atomic mass is 10.6. The van der Waals surface area contributed by atoms with Crippen LogP contribution in [0.3, 0.4) is 0 Å². The molecular weight excluding hydrogens is 206 g/mol. The molecule has 0 saturated carbocycles. The first-order valence-corrected chi connectivity index (χ1v) is 5.64. The molecule has 0 radical (unpaired) electrons. The molecule has 0 aromatic rings. The van der Waals surface area contributed by atoms with Crippen molar-refractivity contribution >= 4 is 21.7 Å². The zero-order valence-corrected chi connectivity index (χ0v) is 8.32. The topological polar surface area (TPSA) is 71.5 Å². The van der Waals surface area contributed by atoms with E-state index in [4.69, 9.17) is 0 Å². The molecule has 0 aliphatic carbocycles. The van der Waals surface area contributed by atoms with Crippen molar-refractivity contribution in [2.75, 3.05) is 5.75 Å². The Balaban J connectivity index is 2.81. The third kappa shape index (κ3) is 2.29. The summed E-state index contributed by atoms with van der Waals surface area (Å²) in [4.78, 5) is 22.7. The minimum absolute atomic E-state index is 0.0624. The van der Waals surface area contributed by atoms with E-state index in [0.29, 0.717) is 0 Å². The van der Waals surface area contributed by atoms with Crippen LogP contribution < -0.4 is 0 Å². The summed E-state index contributed by atoms with van der Waals surface area (Å²) in [6.45, 7) is 1.48. The van der Waals surface area contributed by atoms with Crippen molar-refractivity contribution in [2.24, 2.45) is 0 Å². The Labute approximate surface area is 81.6 Å². The average molecular weight is 215 g/mol. The van der Waals surface area contributed by atoms with Gasteiger partial charge >= 0.3 is 0 Å². The molecule has 0 unspecified atom stereocenters. The molecule has 1 aliphatic rings. The summed E-state index contributed by atoms with van der Waals surface area (Å²) in [7, 11) is -3.31. The Kier molecular flexibility index (Phi) is 2.85. The summed E-state index contributed by atoms with van der Waals surface area (Å²) in [5.41, 5.74) is 0. The predicted octanol–water partition coefficient (Wildman–Crippen LogP) is -0.183. The SMILES string of the molecule is CCS(=O)(=O)C=CN1C(=O)C=CC1=O. The van der Waals surface area contributed by atoms with Crippen molar-refractivity contribution < 1.29 is 18.0 Å². The molecule has 0 spiro atoms. The molecule has 0 aromatic carbocycles. The smallest absolute Gasteiger partial charge is 0.257 e. The number of sulfone groups is 1. The highest BCUT2D eigenvalue weighted by Crippen LogP contribution is 2.05. The van der Waals surface area contributed by atoms with Crippen molar-refractivity contribution in [1.29, 1.82) is 0 Å². The minimum Gasteiger partial charge on any atom is -0.269 e. The Morgan fingerprint density at radius 2 is 1.79 bits per heavy atom. The maximum absolute atomic E-state index is 11.0. The molecule has 1 heterocycles. The second kappa shape index (κ2) is 3.75. The first kappa shape index (κ1) is 10.6. The zero-order chi connectivity index (χ0) is 10.8. The zero-order valence-electron chi connectivity index (χ0n) is 7.50. The quantitative estimate of drug-likeness (QED) is 0.612. The number of carbonyl (C=O) groups is 2. The molecule has 5 nitrogen and oxygen atoms in total. The Morgan fingerprint density at radius 1 is 1.29 bits per heavy atom. The van der Waals surface area contributed by atoms with Gasteiger partial charge in [-0.2, -0.15) is 0 Å². The molecule has 0 saturated heterocycles. The number of imide groups is 1. The molecule has 0 aromatic heterocycles. The molecule has 6 heteroatoms. The first-order chi connectivity index (χ1) is 6.46. The maximum Gasteiger partial charge on any atom is 0.257 e. The summed E-state index contributed by atoms with van der Waals surface area (Å²) in [5.74, 6) is -1.12. The summed E-state index contributed by atoms with van der Waals surface area (Å²) in [6, 6.07) is 0. The fraction of sp³-hybridized carbons (Fsp3) is 0.250. The van der Waals surface area contributed by atoms with Crippen molar-refractivity contribution in [3.05, 3.63) is 23.8 Å². The predicted molar refractivity (Wildman–Crippen MR) is 49.6 cm³/mol. The van der Waals surface area contributed by atoms with E-state index in [9.17, 15) is 18.0 Å². The third-order valence-electron chi connectivity index (χ3n) is 1.66. The molecule has 0 bridgehead atoms. The number of nitrogens with zero attached hydrogens (tertiary/aromatic N) is 1. The highest BCUT2D eigenvalue weighted by molar-refractivity contribution is 7.94. The lowest BCUT2D eigenvalue weighted by Gasteiger charge is -2.05. The van der Waals surface area contributed by atoms with E-state index in [-0.39, 0.29) is 5.75 Å². The van der Waals surface area contributed by atoms with Crippen LogP contribution in [0.1, 0.15) is 6.92 Å². The van der Waals surface area contributed by atoms with Gasteiger partial charge in [-0.15, -0.1) is 0 Å². The Hall–Kier alpha value is -1.43. The summed E-state index contributed by atoms with van der Waals surface area (Å²) < 4.78 is 22.0. The van der Waals surface area contributed by atoms with E-state index < -0.39 is 21.7 Å². The third-order valence-corrected chi connectivity index (χ3v) is 3.00. The molecule has 1 aliphatic heterocycles. The van der Waals surface area contributed by atoms with Crippen LogP contribution in [-0.4, -0.2) is 30.9 Å². The van der Waals surface area contributed by atoms with E-state index in [1.165, 1.54) is 6.92 Å². The fourth-order valence-electron chi connectivity index (χ4n) is 0.809. The van der Waals surface area contributed by atoms with E-state index in [0.717, 1.165) is 28.7 Å². The summed E-state index contributed by atoms with van der Waals surface area (Å²) in [5, 5.41) is 0.857. The van der Waals surface area contributed by atoms with Crippen LogP contribution in [0.4, 0.5) is 0 Å². The van der Waals surface area contributed by atoms with Crippen molar-refractivity contribution in [3.8, 4) is 0 Å². The number of rotatable bonds is 3. The summed E-state index contributed by atoms with van der Waals surface area (Å²) in [6.07, 6.45) is 3.15. The number of hydrogen-bond acceptors (Lipinski definition) is 4. The van der Waals surface area contributed by atoms with E-state index in [2.05, 4.69) is 0 Å². The molecule has 0 fully saturated rings. The van der Waals surface area contributed by atoms with Gasteiger partial charge in [-0.25, -0.2) is 13.3 Å². The standard InChI is InChI=1S/C8H9NO4S/c1-2-14(12,13)6-5-9-7(10)3-4-8(9)11/h3-6H,2H2,1H3. The molecule has 2 amide bonds. The highest BCUT2D eigenvalue weighted by atomic mass is 32.2. The highest BCUT2D eigenvalue weighted by Gasteiger charge is 2.21. The van der Waals surface area contributed by atoms with Crippen LogP contribution in [0.2, 0.25) is 0 Å². The van der Waals surface area contributed by atoms with Crippen molar-refractivity contribution in [1.82, 2.24) is 4.90 Å². The Morgan fingerprint density at radius 3 is 2.21 bits per heavy atom. The van der Waals surface area contributed by atoms with Gasteiger partial charge in [-0.3, -0.25) is 9.59 Å². The van der Waals surface area contributed by atoms with Crippen LogP contribution in [0.25, 0.3) is 0 Å². The van der Waals surface area contributed by atoms with Gasteiger partial charge in [0.2, 0.25) is 0 Å². The van der Waals surface area contributed by atoms with Gasteiger partial charge in [-0.05, 0) is 0 Å². The van der Waals surface area contributed by atoms with E-state index in [1.807, 2.05) is 0 Å². The van der Waals surface area contributed by atoms with Crippen LogP contribution in [-0.2, 0) is 19.4 Å². The second-order valence-electron chi connectivity index (χ2n) is 2.62. The van der Waals surface area contributed by atoms with Crippen LogP contribution in [0.15, 0.2) is 23.8 Å². The molecule has 14 heavy (non-hydrogen) atoms. The number of amides is 2. The molecule has 76 valence electrons. The largest absolute Gasteiger partial charge is 0.269 e. The molecule has 1 rings (SSSR count). The lowest BCUT2D eigenvalue weighted by molar-refractivity contribution is -0.133. The number of carbonyl (C=O) groups excluding carboxylic acids is 2.